The fourth-order valence-corrected chi connectivity index (χ4v) is 1.75. The van der Waals surface area contributed by atoms with Crippen molar-refractivity contribution in [2.75, 3.05) is 5.32 Å². The molecule has 6 heteroatoms. The summed E-state index contributed by atoms with van der Waals surface area (Å²) in [5, 5.41) is 3.95. The number of thiocarbonyl (C=S) groups is 1. The van der Waals surface area contributed by atoms with E-state index in [9.17, 15) is 4.79 Å². The standard InChI is InChI=1S/C12H14ClN3OS/c1-7-2-5-9(6-10(7)13)14-12(18)16-15-11(17)8-3-4-8/h2,5-6,8H,3-4H2,1H3,(H,15,17)(H2,14,16,18). The number of carbonyl (C=O) groups is 1. The first kappa shape index (κ1) is 13.1. The van der Waals surface area contributed by atoms with Crippen LogP contribution in [0.4, 0.5) is 5.69 Å². The minimum Gasteiger partial charge on any atom is -0.331 e. The van der Waals surface area contributed by atoms with Gasteiger partial charge in [-0.05, 0) is 49.7 Å². The van der Waals surface area contributed by atoms with Crippen molar-refractivity contribution in [1.29, 1.82) is 0 Å². The summed E-state index contributed by atoms with van der Waals surface area (Å²) >= 11 is 11.1. The average Bonchev–Trinajstić information content (AvgIpc) is 3.15. The van der Waals surface area contributed by atoms with Crippen molar-refractivity contribution in [1.82, 2.24) is 10.9 Å². The first-order chi connectivity index (χ1) is 8.56. The summed E-state index contributed by atoms with van der Waals surface area (Å²) in [6.07, 6.45) is 1.92. The number of amides is 1. The lowest BCUT2D eigenvalue weighted by Gasteiger charge is -2.12. The van der Waals surface area contributed by atoms with Crippen LogP contribution in [-0.2, 0) is 4.79 Å². The van der Waals surface area contributed by atoms with Gasteiger partial charge in [0.05, 0.1) is 0 Å². The molecule has 2 rings (SSSR count). The predicted octanol–water partition coefficient (Wildman–Crippen LogP) is 2.38. The van der Waals surface area contributed by atoms with Gasteiger partial charge in [0, 0.05) is 16.6 Å². The number of halogens is 1. The summed E-state index contributed by atoms with van der Waals surface area (Å²) in [6.45, 7) is 1.93. The largest absolute Gasteiger partial charge is 0.331 e. The zero-order valence-electron chi connectivity index (χ0n) is 9.92. The van der Waals surface area contributed by atoms with Crippen molar-refractivity contribution in [2.24, 2.45) is 5.92 Å². The van der Waals surface area contributed by atoms with Gasteiger partial charge in [-0.25, -0.2) is 0 Å². The highest BCUT2D eigenvalue weighted by Crippen LogP contribution is 2.28. The van der Waals surface area contributed by atoms with Gasteiger partial charge in [0.15, 0.2) is 5.11 Å². The Balaban J connectivity index is 1.82. The van der Waals surface area contributed by atoms with Crippen molar-refractivity contribution in [3.05, 3.63) is 28.8 Å². The van der Waals surface area contributed by atoms with Crippen molar-refractivity contribution in [3.8, 4) is 0 Å². The summed E-state index contributed by atoms with van der Waals surface area (Å²) in [5.74, 6) is 0.134. The van der Waals surface area contributed by atoms with E-state index in [1.165, 1.54) is 0 Å². The van der Waals surface area contributed by atoms with E-state index in [1.807, 2.05) is 19.1 Å². The van der Waals surface area contributed by atoms with Crippen LogP contribution in [0.25, 0.3) is 0 Å². The lowest BCUT2D eigenvalue weighted by molar-refractivity contribution is -0.122. The Bertz CT molecular complexity index is 488. The van der Waals surface area contributed by atoms with Crippen LogP contribution < -0.4 is 16.2 Å². The zero-order valence-corrected chi connectivity index (χ0v) is 11.5. The van der Waals surface area contributed by atoms with Gasteiger partial charge in [-0.3, -0.25) is 15.6 Å². The number of rotatable bonds is 2. The topological polar surface area (TPSA) is 53.2 Å². The van der Waals surface area contributed by atoms with Crippen molar-refractivity contribution >= 4 is 40.5 Å². The number of benzene rings is 1. The van der Waals surface area contributed by atoms with E-state index < -0.39 is 0 Å². The zero-order chi connectivity index (χ0) is 13.1. The summed E-state index contributed by atoms with van der Waals surface area (Å²) in [5.41, 5.74) is 7.01. The van der Waals surface area contributed by atoms with Crippen molar-refractivity contribution < 1.29 is 4.79 Å². The molecule has 18 heavy (non-hydrogen) atoms. The van der Waals surface area contributed by atoms with Crippen molar-refractivity contribution in [3.63, 3.8) is 0 Å². The van der Waals surface area contributed by atoms with E-state index in [2.05, 4.69) is 16.2 Å². The number of hydrogen-bond acceptors (Lipinski definition) is 2. The first-order valence-corrected chi connectivity index (χ1v) is 6.48. The summed E-state index contributed by atoms with van der Waals surface area (Å²) < 4.78 is 0. The number of carbonyl (C=O) groups excluding carboxylic acids is 1. The maximum Gasteiger partial charge on any atom is 0.241 e. The minimum atomic E-state index is -0.0129. The van der Waals surface area contributed by atoms with Gasteiger partial charge < -0.3 is 5.32 Å². The molecule has 4 nitrogen and oxygen atoms in total. The Hall–Kier alpha value is -1.33. The van der Waals surface area contributed by atoms with Crippen LogP contribution in [0.1, 0.15) is 18.4 Å². The highest BCUT2D eigenvalue weighted by atomic mass is 35.5. The molecule has 0 atom stereocenters. The first-order valence-electron chi connectivity index (χ1n) is 5.69. The van der Waals surface area contributed by atoms with Crippen LogP contribution in [0, 0.1) is 12.8 Å². The van der Waals surface area contributed by atoms with Gasteiger partial charge in [-0.2, -0.15) is 0 Å². The molecule has 96 valence electrons. The van der Waals surface area contributed by atoms with E-state index >= 15 is 0 Å². The van der Waals surface area contributed by atoms with Gasteiger partial charge in [-0.15, -0.1) is 0 Å². The fourth-order valence-electron chi connectivity index (χ4n) is 1.40. The number of nitrogens with one attached hydrogen (secondary N) is 3. The van der Waals surface area contributed by atoms with Gasteiger partial charge in [0.2, 0.25) is 5.91 Å². The Morgan fingerprint density at radius 2 is 2.11 bits per heavy atom. The van der Waals surface area contributed by atoms with Crippen LogP contribution in [0.3, 0.4) is 0 Å². The molecule has 1 saturated carbocycles. The lowest BCUT2D eigenvalue weighted by Crippen LogP contribution is -2.44. The second kappa shape index (κ2) is 5.54. The third-order valence-electron chi connectivity index (χ3n) is 2.68. The Kier molecular flexibility index (Phi) is 4.04. The molecule has 0 aromatic heterocycles. The molecule has 1 amide bonds. The fraction of sp³-hybridized carbons (Fsp3) is 0.333. The monoisotopic (exact) mass is 283 g/mol. The molecule has 1 aromatic rings. The predicted molar refractivity (Wildman–Crippen MR) is 76.4 cm³/mol. The van der Waals surface area contributed by atoms with Crippen molar-refractivity contribution in [2.45, 2.75) is 19.8 Å². The quantitative estimate of drug-likeness (QED) is 0.576. The lowest BCUT2D eigenvalue weighted by atomic mass is 10.2. The maximum atomic E-state index is 11.4. The van der Waals surface area contributed by atoms with E-state index in [0.717, 1.165) is 24.1 Å². The van der Waals surface area contributed by atoms with Gasteiger partial charge in [-0.1, -0.05) is 17.7 Å². The second-order valence-electron chi connectivity index (χ2n) is 4.31. The molecule has 1 aromatic carbocycles. The summed E-state index contributed by atoms with van der Waals surface area (Å²) in [6, 6.07) is 5.56. The van der Waals surface area contributed by atoms with E-state index in [-0.39, 0.29) is 11.8 Å². The number of hydrogen-bond donors (Lipinski definition) is 3. The van der Waals surface area contributed by atoms with E-state index in [4.69, 9.17) is 23.8 Å². The number of hydrazine groups is 1. The Labute approximate surface area is 116 Å². The molecule has 1 aliphatic carbocycles. The molecule has 0 spiro atoms. The molecular formula is C12H14ClN3OS. The summed E-state index contributed by atoms with van der Waals surface area (Å²) in [4.78, 5) is 11.4. The SMILES string of the molecule is Cc1ccc(NC(=S)NNC(=O)C2CC2)cc1Cl. The highest BCUT2D eigenvalue weighted by Gasteiger charge is 2.29. The van der Waals surface area contributed by atoms with Crippen LogP contribution >= 0.6 is 23.8 Å². The van der Waals surface area contributed by atoms with E-state index in [1.54, 1.807) is 6.07 Å². The minimum absolute atomic E-state index is 0.0129. The Morgan fingerprint density at radius 3 is 2.72 bits per heavy atom. The molecular weight excluding hydrogens is 270 g/mol. The number of aryl methyl sites for hydroxylation is 1. The van der Waals surface area contributed by atoms with Crippen LogP contribution in [-0.4, -0.2) is 11.0 Å². The normalized spacial score (nSPS) is 13.9. The Morgan fingerprint density at radius 1 is 1.39 bits per heavy atom. The molecule has 0 unspecified atom stereocenters. The maximum absolute atomic E-state index is 11.4. The van der Waals surface area contributed by atoms with Crippen LogP contribution in [0.2, 0.25) is 5.02 Å². The summed E-state index contributed by atoms with van der Waals surface area (Å²) in [7, 11) is 0. The highest BCUT2D eigenvalue weighted by molar-refractivity contribution is 7.80. The molecule has 0 saturated heterocycles. The molecule has 0 bridgehead atoms. The van der Waals surface area contributed by atoms with Gasteiger partial charge >= 0.3 is 0 Å². The second-order valence-corrected chi connectivity index (χ2v) is 5.12. The van der Waals surface area contributed by atoms with Crippen LogP contribution in [0.5, 0.6) is 0 Å². The molecule has 1 aliphatic rings. The molecule has 0 heterocycles. The van der Waals surface area contributed by atoms with Gasteiger partial charge in [0.25, 0.3) is 0 Å². The van der Waals surface area contributed by atoms with Gasteiger partial charge in [0.1, 0.15) is 0 Å². The smallest absolute Gasteiger partial charge is 0.241 e. The molecule has 1 fully saturated rings. The molecule has 3 N–H and O–H groups in total. The number of anilines is 1. The average molecular weight is 284 g/mol. The van der Waals surface area contributed by atoms with Crippen LogP contribution in [0.15, 0.2) is 18.2 Å². The third-order valence-corrected chi connectivity index (χ3v) is 3.29. The molecule has 0 radical (unpaired) electrons. The molecule has 0 aliphatic heterocycles. The third kappa shape index (κ3) is 3.58. The van der Waals surface area contributed by atoms with E-state index in [0.29, 0.717) is 10.1 Å².